The molecule has 1 aromatic rings. The molecule has 0 bridgehead atoms. The van der Waals surface area contributed by atoms with Gasteiger partial charge in [0.15, 0.2) is 0 Å². The van der Waals surface area contributed by atoms with Crippen molar-refractivity contribution in [2.45, 2.75) is 26.8 Å². The third kappa shape index (κ3) is 5.19. The van der Waals surface area contributed by atoms with Crippen LogP contribution in [-0.2, 0) is 14.3 Å². The molecular formula is C24H32N4O4. The lowest BCUT2D eigenvalue weighted by atomic mass is 9.93. The molecular weight excluding hydrogens is 408 g/mol. The van der Waals surface area contributed by atoms with Crippen LogP contribution in [0.5, 0.6) is 0 Å². The summed E-state index contributed by atoms with van der Waals surface area (Å²) in [6, 6.07) is 6.89. The summed E-state index contributed by atoms with van der Waals surface area (Å²) in [5.41, 5.74) is 2.97. The highest BCUT2D eigenvalue weighted by Crippen LogP contribution is 2.32. The van der Waals surface area contributed by atoms with Crippen molar-refractivity contribution in [3.05, 3.63) is 59.3 Å². The summed E-state index contributed by atoms with van der Waals surface area (Å²) in [7, 11) is 0. The zero-order chi connectivity index (χ0) is 23.3. The van der Waals surface area contributed by atoms with Crippen molar-refractivity contribution < 1.29 is 19.1 Å². The first-order valence-corrected chi connectivity index (χ1v) is 11.0. The number of carbonyl (C=O) groups excluding carboxylic acids is 3. The number of benzene rings is 1. The zero-order valence-corrected chi connectivity index (χ0v) is 19.1. The Kier molecular flexibility index (Phi) is 7.69. The van der Waals surface area contributed by atoms with Crippen LogP contribution < -0.4 is 5.32 Å². The van der Waals surface area contributed by atoms with E-state index in [9.17, 15) is 14.4 Å². The van der Waals surface area contributed by atoms with E-state index < -0.39 is 12.0 Å². The average Bonchev–Trinajstić information content (AvgIpc) is 2.77. The molecule has 2 heterocycles. The number of amides is 3. The van der Waals surface area contributed by atoms with Crippen molar-refractivity contribution >= 4 is 17.9 Å². The van der Waals surface area contributed by atoms with Crippen LogP contribution in [0.4, 0.5) is 4.79 Å². The Bertz CT molecular complexity index is 901. The van der Waals surface area contributed by atoms with Gasteiger partial charge in [0, 0.05) is 51.9 Å². The van der Waals surface area contributed by atoms with Gasteiger partial charge in [-0.1, -0.05) is 35.9 Å². The van der Waals surface area contributed by atoms with Gasteiger partial charge in [-0.05, 0) is 19.4 Å². The highest BCUT2D eigenvalue weighted by atomic mass is 16.5. The Morgan fingerprint density at radius 1 is 1.19 bits per heavy atom. The largest absolute Gasteiger partial charge is 0.463 e. The zero-order valence-electron chi connectivity index (χ0n) is 19.1. The number of hydrogen-bond donors (Lipinski definition) is 1. The number of hydrogen-bond acceptors (Lipinski definition) is 5. The van der Waals surface area contributed by atoms with Crippen LogP contribution in [0.25, 0.3) is 0 Å². The number of rotatable bonds is 7. The Morgan fingerprint density at radius 3 is 2.41 bits per heavy atom. The summed E-state index contributed by atoms with van der Waals surface area (Å²) in [5, 5.41) is 2.97. The van der Waals surface area contributed by atoms with Crippen LogP contribution >= 0.6 is 0 Å². The van der Waals surface area contributed by atoms with Crippen molar-refractivity contribution in [3.8, 4) is 0 Å². The first-order chi connectivity index (χ1) is 15.3. The maximum Gasteiger partial charge on any atom is 0.338 e. The minimum Gasteiger partial charge on any atom is -0.463 e. The van der Waals surface area contributed by atoms with Crippen LogP contribution in [0.1, 0.15) is 31.0 Å². The number of carbonyl (C=O) groups is 3. The second-order valence-electron chi connectivity index (χ2n) is 8.06. The van der Waals surface area contributed by atoms with E-state index in [4.69, 9.17) is 4.74 Å². The molecule has 1 unspecified atom stereocenters. The van der Waals surface area contributed by atoms with E-state index in [1.165, 1.54) is 0 Å². The van der Waals surface area contributed by atoms with Crippen LogP contribution in [0.3, 0.4) is 0 Å². The Morgan fingerprint density at radius 2 is 1.84 bits per heavy atom. The molecule has 172 valence electrons. The molecule has 1 fully saturated rings. The molecule has 3 rings (SSSR count). The van der Waals surface area contributed by atoms with Crippen molar-refractivity contribution in [2.75, 3.05) is 45.9 Å². The van der Waals surface area contributed by atoms with Gasteiger partial charge in [0.25, 0.3) is 0 Å². The number of esters is 1. The average molecular weight is 441 g/mol. The molecule has 1 atom stereocenters. The minimum atomic E-state index is -0.600. The monoisotopic (exact) mass is 440 g/mol. The number of urea groups is 1. The summed E-state index contributed by atoms with van der Waals surface area (Å²) in [6.07, 6.45) is 1.64. The Labute approximate surface area is 189 Å². The summed E-state index contributed by atoms with van der Waals surface area (Å²) in [6.45, 7) is 12.6. The second-order valence-corrected chi connectivity index (χ2v) is 8.06. The van der Waals surface area contributed by atoms with Crippen molar-refractivity contribution in [2.24, 2.45) is 0 Å². The van der Waals surface area contributed by atoms with Gasteiger partial charge in [-0.3, -0.25) is 14.6 Å². The highest BCUT2D eigenvalue weighted by molar-refractivity contribution is 5.95. The van der Waals surface area contributed by atoms with Gasteiger partial charge in [0.2, 0.25) is 5.91 Å². The van der Waals surface area contributed by atoms with Crippen LogP contribution in [0.15, 0.2) is 48.2 Å². The highest BCUT2D eigenvalue weighted by Gasteiger charge is 2.38. The van der Waals surface area contributed by atoms with Crippen molar-refractivity contribution in [1.82, 2.24) is 20.0 Å². The normalized spacial score (nSPS) is 19.6. The van der Waals surface area contributed by atoms with Crippen LogP contribution in [-0.4, -0.2) is 78.5 Å². The molecule has 3 amide bonds. The first kappa shape index (κ1) is 23.5. The van der Waals surface area contributed by atoms with E-state index in [1.54, 1.807) is 29.7 Å². The molecule has 1 saturated heterocycles. The van der Waals surface area contributed by atoms with E-state index in [-0.39, 0.29) is 25.1 Å². The van der Waals surface area contributed by atoms with E-state index >= 15 is 0 Å². The van der Waals surface area contributed by atoms with Crippen molar-refractivity contribution in [3.63, 3.8) is 0 Å². The lowest BCUT2D eigenvalue weighted by Crippen LogP contribution is -2.53. The predicted molar refractivity (Wildman–Crippen MR) is 122 cm³/mol. The first-order valence-electron chi connectivity index (χ1n) is 11.0. The molecule has 32 heavy (non-hydrogen) atoms. The van der Waals surface area contributed by atoms with Gasteiger partial charge in [-0.2, -0.15) is 0 Å². The molecule has 2 aliphatic rings. The van der Waals surface area contributed by atoms with Gasteiger partial charge in [-0.25, -0.2) is 9.59 Å². The topological polar surface area (TPSA) is 82.2 Å². The number of ether oxygens (including phenoxy) is 1. The summed E-state index contributed by atoms with van der Waals surface area (Å²) < 4.78 is 5.41. The molecule has 1 aromatic carbocycles. The van der Waals surface area contributed by atoms with Gasteiger partial charge >= 0.3 is 12.0 Å². The Balaban J connectivity index is 2.02. The van der Waals surface area contributed by atoms with Gasteiger partial charge in [-0.15, -0.1) is 6.58 Å². The lowest BCUT2D eigenvalue weighted by Gasteiger charge is -2.40. The molecule has 0 radical (unpaired) electrons. The third-order valence-electron chi connectivity index (χ3n) is 5.85. The molecule has 0 saturated carbocycles. The van der Waals surface area contributed by atoms with Crippen LogP contribution in [0, 0.1) is 6.92 Å². The molecule has 8 heteroatoms. The molecule has 8 nitrogen and oxygen atoms in total. The smallest absolute Gasteiger partial charge is 0.338 e. The van der Waals surface area contributed by atoms with Gasteiger partial charge in [0.05, 0.1) is 18.2 Å². The quantitative estimate of drug-likeness (QED) is 0.519. The molecule has 0 aromatic heterocycles. The van der Waals surface area contributed by atoms with Crippen LogP contribution in [0.2, 0.25) is 0 Å². The fraction of sp³-hybridized carbons (Fsp3) is 0.458. The second kappa shape index (κ2) is 10.5. The van der Waals surface area contributed by atoms with E-state index in [0.717, 1.165) is 11.1 Å². The molecule has 2 aliphatic heterocycles. The summed E-state index contributed by atoms with van der Waals surface area (Å²) in [5.74, 6) is -0.384. The number of nitrogens with one attached hydrogen (secondary N) is 1. The molecule has 1 N–H and O–H groups in total. The fourth-order valence-electron chi connectivity index (χ4n) is 4.09. The third-order valence-corrected chi connectivity index (χ3v) is 5.85. The van der Waals surface area contributed by atoms with E-state index in [2.05, 4.69) is 16.8 Å². The predicted octanol–water partition coefficient (Wildman–Crippen LogP) is 2.23. The fourth-order valence-corrected chi connectivity index (χ4v) is 4.09. The summed E-state index contributed by atoms with van der Waals surface area (Å²) >= 11 is 0. The molecule has 0 spiro atoms. The summed E-state index contributed by atoms with van der Waals surface area (Å²) in [4.78, 5) is 43.4. The standard InChI is InChI=1S/C24H32N4O4/c1-5-11-28-20(16-26-12-14-27(15-13-26)18(4)29)21(23(30)32-6-2)22(25-24(28)31)19-9-7-17(3)8-10-19/h5,7-10,22H,1,6,11-16H2,2-4H3,(H,25,31). The van der Waals surface area contributed by atoms with E-state index in [0.29, 0.717) is 44.0 Å². The maximum atomic E-state index is 13.1. The molecule has 0 aliphatic carbocycles. The number of nitrogens with zero attached hydrogens (tertiary/aromatic N) is 3. The Hall–Kier alpha value is -3.13. The van der Waals surface area contributed by atoms with Gasteiger partial charge < -0.3 is 15.0 Å². The van der Waals surface area contributed by atoms with Crippen molar-refractivity contribution in [1.29, 1.82) is 0 Å². The van der Waals surface area contributed by atoms with Gasteiger partial charge in [0.1, 0.15) is 0 Å². The number of aryl methyl sites for hydroxylation is 1. The lowest BCUT2D eigenvalue weighted by molar-refractivity contribution is -0.139. The SMILES string of the molecule is C=CCN1C(=O)NC(c2ccc(C)cc2)C(C(=O)OCC)=C1CN1CCN(C(C)=O)CC1. The minimum absolute atomic E-state index is 0.0563. The maximum absolute atomic E-state index is 13.1. The number of piperazine rings is 1. The van der Waals surface area contributed by atoms with E-state index in [1.807, 2.05) is 31.2 Å².